The summed E-state index contributed by atoms with van der Waals surface area (Å²) in [7, 11) is -0.838. The summed E-state index contributed by atoms with van der Waals surface area (Å²) in [5.74, 6) is -0.217. The Labute approximate surface area is 225 Å². The number of carbonyl (C=O) groups excluding carboxylic acids is 2. The summed E-state index contributed by atoms with van der Waals surface area (Å²) in [5.41, 5.74) is 1.95. The Morgan fingerprint density at radius 3 is 1.78 bits per heavy atom. The number of esters is 1. The van der Waals surface area contributed by atoms with Gasteiger partial charge in [0.1, 0.15) is 12.6 Å². The third-order valence-corrected chi connectivity index (χ3v) is 13.9. The monoisotopic (exact) mass is 525 g/mol. The molecule has 2 rings (SSSR count). The number of benzene rings is 2. The van der Waals surface area contributed by atoms with Gasteiger partial charge in [-0.25, -0.2) is 0 Å². The van der Waals surface area contributed by atoms with Crippen molar-refractivity contribution in [2.75, 3.05) is 13.6 Å². The van der Waals surface area contributed by atoms with Crippen molar-refractivity contribution in [3.05, 3.63) is 71.8 Å². The highest BCUT2D eigenvalue weighted by atomic mass is 28.4. The molecule has 0 saturated carbocycles. The highest BCUT2D eigenvalue weighted by Crippen LogP contribution is 2.55. The van der Waals surface area contributed by atoms with E-state index in [0.29, 0.717) is 12.3 Å². The number of hydrogen-bond donors (Lipinski definition) is 0. The molecule has 0 aromatic heterocycles. The normalized spacial score (nSPS) is 13.5. The van der Waals surface area contributed by atoms with Crippen LogP contribution in [0.1, 0.15) is 66.5 Å². The lowest BCUT2D eigenvalue weighted by Crippen LogP contribution is -2.59. The van der Waals surface area contributed by atoms with Crippen molar-refractivity contribution in [1.82, 2.24) is 4.90 Å². The van der Waals surface area contributed by atoms with E-state index in [1.54, 1.807) is 11.9 Å². The van der Waals surface area contributed by atoms with Crippen molar-refractivity contribution >= 4 is 20.3 Å². The van der Waals surface area contributed by atoms with E-state index < -0.39 is 14.4 Å². The molecule has 1 atom stereocenters. The van der Waals surface area contributed by atoms with E-state index >= 15 is 0 Å². The maximum absolute atomic E-state index is 14.1. The first-order valence-electron chi connectivity index (χ1n) is 13.3. The molecule has 0 N–H and O–H groups in total. The molecule has 0 aliphatic carbocycles. The molecule has 6 heteroatoms. The molecule has 0 unspecified atom stereocenters. The third-order valence-electron chi connectivity index (χ3n) is 7.09. The maximum atomic E-state index is 14.1. The van der Waals surface area contributed by atoms with Crippen LogP contribution in [0.5, 0.6) is 0 Å². The molecule has 0 saturated heterocycles. The SMILES string of the molecule is CC(C)C[Si](OC(=O)[C@H](Cc1ccccc1)N(C)CC(=O)OCc1ccccc1)(C(C)(C)C)C(C)(C)C. The zero-order valence-corrected chi connectivity index (χ0v) is 25.3. The quantitative estimate of drug-likeness (QED) is 0.233. The summed E-state index contributed by atoms with van der Waals surface area (Å²) in [6.07, 6.45) is 0.461. The highest BCUT2D eigenvalue weighted by molar-refractivity contribution is 6.80. The van der Waals surface area contributed by atoms with Gasteiger partial charge in [0.2, 0.25) is 0 Å². The highest BCUT2D eigenvalue weighted by Gasteiger charge is 2.58. The standard InChI is InChI=1S/C31H47NO4Si/c1-24(2)23-37(30(3,4)5,31(6,7)8)36-29(34)27(20-25-16-12-10-13-17-25)32(9)21-28(33)35-22-26-18-14-11-15-19-26/h10-19,24,27H,20-23H2,1-9H3/t27-/m0/s1. The van der Waals surface area contributed by atoms with Gasteiger partial charge in [0.05, 0.1) is 6.54 Å². The van der Waals surface area contributed by atoms with E-state index in [9.17, 15) is 9.59 Å². The smallest absolute Gasteiger partial charge is 0.320 e. The Bertz CT molecular complexity index is 979. The van der Waals surface area contributed by atoms with Crippen LogP contribution in [-0.4, -0.2) is 44.8 Å². The molecule has 0 radical (unpaired) electrons. The van der Waals surface area contributed by atoms with Crippen molar-refractivity contribution in [1.29, 1.82) is 0 Å². The van der Waals surface area contributed by atoms with Crippen LogP contribution < -0.4 is 0 Å². The minimum absolute atomic E-state index is 0.00318. The molecule has 204 valence electrons. The van der Waals surface area contributed by atoms with Gasteiger partial charge in [-0.3, -0.25) is 14.5 Å². The third kappa shape index (κ3) is 8.54. The molecule has 0 spiro atoms. The van der Waals surface area contributed by atoms with E-state index in [2.05, 4.69) is 55.4 Å². The lowest BCUT2D eigenvalue weighted by atomic mass is 10.1. The van der Waals surface area contributed by atoms with Crippen LogP contribution in [0.3, 0.4) is 0 Å². The Morgan fingerprint density at radius 1 is 0.838 bits per heavy atom. The Hall–Kier alpha value is -2.44. The minimum Gasteiger partial charge on any atom is -0.517 e. The van der Waals surface area contributed by atoms with E-state index in [-0.39, 0.29) is 35.2 Å². The van der Waals surface area contributed by atoms with Gasteiger partial charge in [-0.2, -0.15) is 0 Å². The van der Waals surface area contributed by atoms with Crippen molar-refractivity contribution in [3.8, 4) is 0 Å². The maximum Gasteiger partial charge on any atom is 0.320 e. The average Bonchev–Trinajstić information content (AvgIpc) is 2.80. The zero-order valence-electron chi connectivity index (χ0n) is 24.3. The van der Waals surface area contributed by atoms with E-state index in [1.165, 1.54) is 0 Å². The van der Waals surface area contributed by atoms with Gasteiger partial charge in [0, 0.05) is 0 Å². The molecule has 0 aliphatic heterocycles. The van der Waals surface area contributed by atoms with Crippen molar-refractivity contribution in [2.24, 2.45) is 5.92 Å². The molecule has 0 aliphatic rings. The van der Waals surface area contributed by atoms with E-state index in [0.717, 1.165) is 17.2 Å². The number of likely N-dealkylation sites (N-methyl/N-ethyl adjacent to an activating group) is 1. The lowest BCUT2D eigenvalue weighted by molar-refractivity contribution is -0.149. The summed E-state index contributed by atoms with van der Waals surface area (Å²) in [6, 6.07) is 19.8. The van der Waals surface area contributed by atoms with Crippen molar-refractivity contribution < 1.29 is 18.8 Å². The molecular weight excluding hydrogens is 478 g/mol. The van der Waals surface area contributed by atoms with Gasteiger partial charge in [-0.15, -0.1) is 0 Å². The van der Waals surface area contributed by atoms with Crippen LogP contribution in [0.4, 0.5) is 0 Å². The van der Waals surface area contributed by atoms with Gasteiger partial charge in [-0.05, 0) is 46.6 Å². The van der Waals surface area contributed by atoms with Crippen molar-refractivity contribution in [2.45, 2.75) is 90.6 Å². The van der Waals surface area contributed by atoms with Crippen LogP contribution >= 0.6 is 0 Å². The molecule has 0 fully saturated rings. The molecule has 5 nitrogen and oxygen atoms in total. The lowest BCUT2D eigenvalue weighted by Gasteiger charge is -2.51. The Balaban J connectivity index is 2.31. The number of nitrogens with zero attached hydrogens (tertiary/aromatic N) is 1. The summed E-state index contributed by atoms with van der Waals surface area (Å²) >= 11 is 0. The second-order valence-electron chi connectivity index (χ2n) is 12.6. The molecular formula is C31H47NO4Si. The van der Waals surface area contributed by atoms with Crippen molar-refractivity contribution in [3.63, 3.8) is 0 Å². The first-order chi connectivity index (χ1) is 17.2. The average molecular weight is 526 g/mol. The molecule has 0 bridgehead atoms. The van der Waals surface area contributed by atoms with Crippen LogP contribution in [0, 0.1) is 5.92 Å². The second-order valence-corrected chi connectivity index (χ2v) is 17.9. The summed E-state index contributed by atoms with van der Waals surface area (Å²) in [4.78, 5) is 28.6. The van der Waals surface area contributed by atoms with Gasteiger partial charge in [-0.1, -0.05) is 116 Å². The fourth-order valence-corrected chi connectivity index (χ4v) is 11.1. The number of hydrogen-bond acceptors (Lipinski definition) is 5. The van der Waals surface area contributed by atoms with E-state index in [4.69, 9.17) is 9.16 Å². The molecule has 0 heterocycles. The predicted octanol–water partition coefficient (Wildman–Crippen LogP) is 7.02. The predicted molar refractivity (Wildman–Crippen MR) is 154 cm³/mol. The van der Waals surface area contributed by atoms with E-state index in [1.807, 2.05) is 60.7 Å². The summed E-state index contributed by atoms with van der Waals surface area (Å²) < 4.78 is 12.3. The minimum atomic E-state index is -2.64. The first-order valence-corrected chi connectivity index (χ1v) is 15.4. The van der Waals surface area contributed by atoms with Gasteiger partial charge in [0.25, 0.3) is 8.32 Å². The Kier molecular flexibility index (Phi) is 10.7. The number of rotatable bonds is 11. The molecule has 0 amide bonds. The van der Waals surface area contributed by atoms with Crippen LogP contribution in [0.15, 0.2) is 60.7 Å². The molecule has 2 aromatic rings. The summed E-state index contributed by atoms with van der Waals surface area (Å²) in [5, 5.41) is -0.314. The topological polar surface area (TPSA) is 55.8 Å². The number of ether oxygens (including phenoxy) is 1. The second kappa shape index (κ2) is 12.9. The molecule has 2 aromatic carbocycles. The van der Waals surface area contributed by atoms with Gasteiger partial charge in [0.15, 0.2) is 0 Å². The fraction of sp³-hybridized carbons (Fsp3) is 0.548. The van der Waals surface area contributed by atoms with Crippen LogP contribution in [0.2, 0.25) is 16.1 Å². The fourth-order valence-electron chi connectivity index (χ4n) is 5.25. The van der Waals surface area contributed by atoms with Gasteiger partial charge < -0.3 is 9.16 Å². The van der Waals surface area contributed by atoms with Gasteiger partial charge >= 0.3 is 11.9 Å². The zero-order chi connectivity index (χ0) is 27.9. The Morgan fingerprint density at radius 2 is 1.32 bits per heavy atom. The van der Waals surface area contributed by atoms with Crippen LogP contribution in [0.25, 0.3) is 0 Å². The molecule has 37 heavy (non-hydrogen) atoms. The first kappa shape index (κ1) is 30.8. The number of carbonyl (C=O) groups is 2. The summed E-state index contributed by atoms with van der Waals surface area (Å²) in [6.45, 7) is 17.8. The largest absolute Gasteiger partial charge is 0.517 e. The van der Waals surface area contributed by atoms with Crippen LogP contribution in [-0.2, 0) is 31.8 Å².